The second-order valence-electron chi connectivity index (χ2n) is 6.04. The van der Waals surface area contributed by atoms with E-state index in [0.717, 1.165) is 12.8 Å². The highest BCUT2D eigenvalue weighted by atomic mass is 32.2. The van der Waals surface area contributed by atoms with E-state index >= 15 is 0 Å². The number of carbonyl (C=O) groups excluding carboxylic acids is 1. The molecule has 0 aliphatic carbocycles. The maximum atomic E-state index is 12.6. The number of benzene rings is 1. The van der Waals surface area contributed by atoms with Crippen molar-refractivity contribution in [2.45, 2.75) is 36.4 Å². The Morgan fingerprint density at radius 3 is 2.87 bits per heavy atom. The standard InChI is InChI=1S/C16H16N2O4S/c19-16(13-8-11-4-5-14(13)22-11)18-23(20,21)15-3-1-2-10-9-17-7-6-12(10)15/h1-3,6-7,9,11,13-14H,4-5,8H2,(H,18,19)/t11-,13-,14-/m1/s1. The zero-order valence-corrected chi connectivity index (χ0v) is 13.1. The first-order valence-corrected chi connectivity index (χ1v) is 9.08. The summed E-state index contributed by atoms with van der Waals surface area (Å²) in [6.07, 6.45) is 5.47. The number of nitrogens with one attached hydrogen (secondary N) is 1. The Hall–Kier alpha value is -1.99. The van der Waals surface area contributed by atoms with Gasteiger partial charge in [0.2, 0.25) is 5.91 Å². The zero-order valence-electron chi connectivity index (χ0n) is 12.3. The lowest BCUT2D eigenvalue weighted by Gasteiger charge is -2.18. The van der Waals surface area contributed by atoms with Gasteiger partial charge < -0.3 is 4.74 Å². The van der Waals surface area contributed by atoms with Gasteiger partial charge in [0.05, 0.1) is 23.0 Å². The molecule has 7 heteroatoms. The Kier molecular flexibility index (Phi) is 3.35. The van der Waals surface area contributed by atoms with Gasteiger partial charge in [0.1, 0.15) is 0 Å². The van der Waals surface area contributed by atoms with Gasteiger partial charge >= 0.3 is 0 Å². The molecule has 0 unspecified atom stereocenters. The summed E-state index contributed by atoms with van der Waals surface area (Å²) in [7, 11) is -3.92. The minimum Gasteiger partial charge on any atom is -0.374 e. The number of carbonyl (C=O) groups is 1. The highest BCUT2D eigenvalue weighted by molar-refractivity contribution is 7.90. The number of pyridine rings is 1. The topological polar surface area (TPSA) is 85.4 Å². The van der Waals surface area contributed by atoms with E-state index < -0.39 is 15.9 Å². The average Bonchev–Trinajstić information content (AvgIpc) is 3.17. The number of amides is 1. The van der Waals surface area contributed by atoms with E-state index in [9.17, 15) is 13.2 Å². The van der Waals surface area contributed by atoms with Crippen LogP contribution in [0.15, 0.2) is 41.6 Å². The molecule has 1 amide bonds. The highest BCUT2D eigenvalue weighted by Crippen LogP contribution is 2.39. The third kappa shape index (κ3) is 2.49. The van der Waals surface area contributed by atoms with Crippen molar-refractivity contribution < 1.29 is 17.9 Å². The van der Waals surface area contributed by atoms with Crippen LogP contribution in [0.2, 0.25) is 0 Å². The van der Waals surface area contributed by atoms with Crippen molar-refractivity contribution in [2.24, 2.45) is 5.92 Å². The maximum Gasteiger partial charge on any atom is 0.264 e. The van der Waals surface area contributed by atoms with Crippen LogP contribution in [0, 0.1) is 5.92 Å². The van der Waals surface area contributed by atoms with Gasteiger partial charge in [0.25, 0.3) is 10.0 Å². The van der Waals surface area contributed by atoms with Gasteiger partial charge in [-0.2, -0.15) is 0 Å². The lowest BCUT2D eigenvalue weighted by Crippen LogP contribution is -2.39. The molecule has 1 aromatic carbocycles. The van der Waals surface area contributed by atoms with Crippen LogP contribution in [0.1, 0.15) is 19.3 Å². The number of fused-ring (bicyclic) bond motifs is 3. The molecule has 2 bridgehead atoms. The summed E-state index contributed by atoms with van der Waals surface area (Å²) >= 11 is 0. The fraction of sp³-hybridized carbons (Fsp3) is 0.375. The van der Waals surface area contributed by atoms with Crippen LogP contribution in [0.5, 0.6) is 0 Å². The quantitative estimate of drug-likeness (QED) is 0.923. The first-order chi connectivity index (χ1) is 11.0. The predicted molar refractivity (Wildman–Crippen MR) is 83.1 cm³/mol. The number of sulfonamides is 1. The zero-order chi connectivity index (χ0) is 16.0. The summed E-state index contributed by atoms with van der Waals surface area (Å²) in [6.45, 7) is 0. The van der Waals surface area contributed by atoms with Gasteiger partial charge in [-0.3, -0.25) is 9.78 Å². The molecule has 3 atom stereocenters. The fourth-order valence-corrected chi connectivity index (χ4v) is 4.76. The van der Waals surface area contributed by atoms with Crippen molar-refractivity contribution in [2.75, 3.05) is 0 Å². The molecule has 4 rings (SSSR count). The van der Waals surface area contributed by atoms with E-state index in [1.807, 2.05) is 0 Å². The van der Waals surface area contributed by atoms with E-state index in [0.29, 0.717) is 17.2 Å². The molecule has 0 spiro atoms. The Bertz CT molecular complexity index is 875. The summed E-state index contributed by atoms with van der Waals surface area (Å²) in [5.41, 5.74) is 0. The molecular weight excluding hydrogens is 316 g/mol. The van der Waals surface area contributed by atoms with Crippen molar-refractivity contribution in [3.05, 3.63) is 36.7 Å². The summed E-state index contributed by atoms with van der Waals surface area (Å²) < 4.78 is 33.1. The van der Waals surface area contributed by atoms with Crippen LogP contribution in [-0.2, 0) is 19.6 Å². The van der Waals surface area contributed by atoms with E-state index in [2.05, 4.69) is 9.71 Å². The van der Waals surface area contributed by atoms with E-state index in [1.54, 1.807) is 24.4 Å². The van der Waals surface area contributed by atoms with Crippen molar-refractivity contribution in [3.63, 3.8) is 0 Å². The molecule has 120 valence electrons. The molecule has 6 nitrogen and oxygen atoms in total. The molecule has 2 fully saturated rings. The Morgan fingerprint density at radius 2 is 2.13 bits per heavy atom. The summed E-state index contributed by atoms with van der Waals surface area (Å²) in [5.74, 6) is -0.844. The minimum atomic E-state index is -3.92. The normalized spacial score (nSPS) is 26.5. The third-order valence-corrected chi connectivity index (χ3v) is 6.01. The van der Waals surface area contributed by atoms with E-state index in [1.165, 1.54) is 12.3 Å². The van der Waals surface area contributed by atoms with Gasteiger partial charge in [-0.1, -0.05) is 12.1 Å². The molecule has 1 aromatic heterocycles. The predicted octanol–water partition coefficient (Wildman–Crippen LogP) is 1.61. The number of hydrogen-bond donors (Lipinski definition) is 1. The van der Waals surface area contributed by atoms with Crippen LogP contribution in [0.4, 0.5) is 0 Å². The Balaban J connectivity index is 1.63. The third-order valence-electron chi connectivity index (χ3n) is 4.61. The van der Waals surface area contributed by atoms with Crippen LogP contribution in [0.3, 0.4) is 0 Å². The molecular formula is C16H16N2O4S. The largest absolute Gasteiger partial charge is 0.374 e. The maximum absolute atomic E-state index is 12.6. The first kappa shape index (κ1) is 14.6. The molecule has 2 aliphatic heterocycles. The fourth-order valence-electron chi connectivity index (χ4n) is 3.50. The second-order valence-corrected chi connectivity index (χ2v) is 7.69. The van der Waals surface area contributed by atoms with Gasteiger partial charge in [0.15, 0.2) is 0 Å². The lowest BCUT2D eigenvalue weighted by atomic mass is 9.89. The summed E-state index contributed by atoms with van der Waals surface area (Å²) in [6, 6.07) is 6.56. The number of ether oxygens (including phenoxy) is 1. The molecule has 2 saturated heterocycles. The first-order valence-electron chi connectivity index (χ1n) is 7.59. The number of rotatable bonds is 3. The van der Waals surface area contributed by atoms with E-state index in [4.69, 9.17) is 4.74 Å². The van der Waals surface area contributed by atoms with Gasteiger partial charge in [-0.25, -0.2) is 13.1 Å². The molecule has 3 heterocycles. The molecule has 2 aromatic rings. The average molecular weight is 332 g/mol. The smallest absolute Gasteiger partial charge is 0.264 e. The number of aromatic nitrogens is 1. The van der Waals surface area contributed by atoms with Crippen LogP contribution < -0.4 is 4.72 Å². The van der Waals surface area contributed by atoms with Crippen molar-refractivity contribution in [3.8, 4) is 0 Å². The van der Waals surface area contributed by atoms with Gasteiger partial charge in [-0.05, 0) is 31.4 Å². The SMILES string of the molecule is O=C(NS(=O)(=O)c1cccc2cnccc12)[C@@H]1C[C@H]2CC[C@H]1O2. The molecule has 1 N–H and O–H groups in total. The van der Waals surface area contributed by atoms with Crippen molar-refractivity contribution >= 4 is 26.7 Å². The Labute approximate surface area is 133 Å². The van der Waals surface area contributed by atoms with Gasteiger partial charge in [-0.15, -0.1) is 0 Å². The Morgan fingerprint density at radius 1 is 1.26 bits per heavy atom. The second kappa shape index (κ2) is 5.28. The summed E-state index contributed by atoms with van der Waals surface area (Å²) in [4.78, 5) is 16.5. The van der Waals surface area contributed by atoms with Crippen molar-refractivity contribution in [1.82, 2.24) is 9.71 Å². The van der Waals surface area contributed by atoms with Gasteiger partial charge in [0, 0.05) is 23.2 Å². The molecule has 0 saturated carbocycles. The summed E-state index contributed by atoms with van der Waals surface area (Å²) in [5, 5.41) is 1.26. The molecule has 2 aliphatic rings. The van der Waals surface area contributed by atoms with Crippen LogP contribution in [-0.4, -0.2) is 31.5 Å². The number of nitrogens with zero attached hydrogens (tertiary/aromatic N) is 1. The molecule has 23 heavy (non-hydrogen) atoms. The van der Waals surface area contributed by atoms with E-state index in [-0.39, 0.29) is 23.0 Å². The van der Waals surface area contributed by atoms with Crippen LogP contribution in [0.25, 0.3) is 10.8 Å². The minimum absolute atomic E-state index is 0.0924. The van der Waals surface area contributed by atoms with Crippen molar-refractivity contribution in [1.29, 1.82) is 0 Å². The highest BCUT2D eigenvalue weighted by Gasteiger charge is 2.45. The van der Waals surface area contributed by atoms with Crippen LogP contribution >= 0.6 is 0 Å². The monoisotopic (exact) mass is 332 g/mol. The number of hydrogen-bond acceptors (Lipinski definition) is 5. The lowest BCUT2D eigenvalue weighted by molar-refractivity contribution is -0.124. The molecule has 0 radical (unpaired) electrons.